The van der Waals surface area contributed by atoms with E-state index in [1.54, 1.807) is 0 Å². The highest BCUT2D eigenvalue weighted by molar-refractivity contribution is 5.90. The quantitative estimate of drug-likeness (QED) is 0.581. The molecular formula is C23H34F3N3O2. The molecule has 0 radical (unpaired) electrons. The summed E-state index contributed by atoms with van der Waals surface area (Å²) in [6, 6.07) is 0. The number of amidine groups is 1. The molecule has 0 aromatic carbocycles. The topological polar surface area (TPSA) is 45.1 Å². The Kier molecular flexibility index (Phi) is 4.84. The molecule has 0 aromatic heterocycles. The molecule has 4 aliphatic carbocycles. The van der Waals surface area contributed by atoms with Crippen molar-refractivity contribution in [1.29, 1.82) is 0 Å². The molecule has 174 valence electrons. The van der Waals surface area contributed by atoms with Gasteiger partial charge in [-0.25, -0.2) is 4.79 Å². The second-order valence-corrected chi connectivity index (χ2v) is 11.9. The van der Waals surface area contributed by atoms with Crippen LogP contribution in [0.3, 0.4) is 0 Å². The number of carbonyl (C=O) groups is 1. The van der Waals surface area contributed by atoms with Crippen molar-refractivity contribution in [2.45, 2.75) is 90.9 Å². The van der Waals surface area contributed by atoms with E-state index in [2.05, 4.69) is 30.8 Å². The van der Waals surface area contributed by atoms with Crippen LogP contribution in [0.5, 0.6) is 0 Å². The van der Waals surface area contributed by atoms with E-state index in [-0.39, 0.29) is 10.8 Å². The minimum atomic E-state index is -5.03. The minimum absolute atomic E-state index is 0.0615. The van der Waals surface area contributed by atoms with Gasteiger partial charge in [0.25, 0.3) is 0 Å². The molecule has 31 heavy (non-hydrogen) atoms. The van der Waals surface area contributed by atoms with Crippen molar-refractivity contribution in [1.82, 2.24) is 10.1 Å². The van der Waals surface area contributed by atoms with Crippen molar-refractivity contribution < 1.29 is 22.8 Å². The smallest absolute Gasteiger partial charge is 0.333 e. The second kappa shape index (κ2) is 7.01. The first-order chi connectivity index (χ1) is 14.4. The fourth-order valence-corrected chi connectivity index (χ4v) is 7.67. The van der Waals surface area contributed by atoms with Crippen LogP contribution >= 0.6 is 0 Å². The Labute approximate surface area is 182 Å². The average Bonchev–Trinajstić information content (AvgIpc) is 2.82. The van der Waals surface area contributed by atoms with Crippen LogP contribution in [0, 0.1) is 34.5 Å². The Hall–Kier alpha value is -1.47. The van der Waals surface area contributed by atoms with Crippen LogP contribution in [-0.4, -0.2) is 40.8 Å². The molecule has 0 spiro atoms. The van der Waals surface area contributed by atoms with E-state index >= 15 is 0 Å². The summed E-state index contributed by atoms with van der Waals surface area (Å²) in [6.07, 6.45) is 4.14. The maximum absolute atomic E-state index is 13.0. The van der Waals surface area contributed by atoms with Gasteiger partial charge >= 0.3 is 12.1 Å². The van der Waals surface area contributed by atoms with Crippen LogP contribution in [0.15, 0.2) is 5.10 Å². The highest BCUT2D eigenvalue weighted by Crippen LogP contribution is 2.61. The largest absolute Gasteiger partial charge is 0.493 e. The SMILES string of the molecule is CC(C)(C)C1CCC2N(OC(=O)C(F)(F)F)N=C(C34CC5CC(CC(C5)C3)C4)N2CC1. The van der Waals surface area contributed by atoms with Crippen LogP contribution in [0.4, 0.5) is 13.2 Å². The fourth-order valence-electron chi connectivity index (χ4n) is 7.67. The molecule has 0 N–H and O–H groups in total. The fraction of sp³-hybridized carbons (Fsp3) is 0.913. The molecule has 5 fully saturated rings. The molecule has 6 aliphatic rings. The number of rotatable bonds is 2. The molecule has 5 nitrogen and oxygen atoms in total. The van der Waals surface area contributed by atoms with Crippen molar-refractivity contribution in [3.63, 3.8) is 0 Å². The third-order valence-corrected chi connectivity index (χ3v) is 8.72. The molecule has 2 atom stereocenters. The molecule has 8 heteroatoms. The Morgan fingerprint density at radius 3 is 2.10 bits per heavy atom. The summed E-state index contributed by atoms with van der Waals surface area (Å²) in [7, 11) is 0. The Morgan fingerprint density at radius 2 is 1.58 bits per heavy atom. The maximum Gasteiger partial charge on any atom is 0.493 e. The summed E-state index contributed by atoms with van der Waals surface area (Å²) in [5, 5.41) is 5.65. The summed E-state index contributed by atoms with van der Waals surface area (Å²) < 4.78 is 38.9. The Balaban J connectivity index is 1.46. The lowest BCUT2D eigenvalue weighted by Gasteiger charge is -2.57. The zero-order valence-corrected chi connectivity index (χ0v) is 18.7. The second-order valence-electron chi connectivity index (χ2n) is 11.9. The number of hydrogen-bond acceptors (Lipinski definition) is 5. The normalized spacial score (nSPS) is 39.9. The van der Waals surface area contributed by atoms with Crippen molar-refractivity contribution in [2.24, 2.45) is 39.6 Å². The van der Waals surface area contributed by atoms with Crippen LogP contribution < -0.4 is 0 Å². The minimum Gasteiger partial charge on any atom is -0.333 e. The number of halogens is 3. The molecule has 2 aliphatic heterocycles. The summed E-state index contributed by atoms with van der Waals surface area (Å²) in [5.41, 5.74) is 0.0686. The molecule has 0 amide bonds. The van der Waals surface area contributed by atoms with Gasteiger partial charge in [-0.1, -0.05) is 25.9 Å². The molecule has 4 saturated carbocycles. The van der Waals surface area contributed by atoms with Gasteiger partial charge in [0.1, 0.15) is 5.84 Å². The van der Waals surface area contributed by atoms with E-state index in [4.69, 9.17) is 4.84 Å². The predicted molar refractivity (Wildman–Crippen MR) is 109 cm³/mol. The van der Waals surface area contributed by atoms with E-state index in [0.717, 1.165) is 49.7 Å². The lowest BCUT2D eigenvalue weighted by atomic mass is 9.49. The first-order valence-corrected chi connectivity index (χ1v) is 11.9. The highest BCUT2D eigenvalue weighted by atomic mass is 19.4. The maximum atomic E-state index is 13.0. The predicted octanol–water partition coefficient (Wildman–Crippen LogP) is 5.33. The van der Waals surface area contributed by atoms with Crippen molar-refractivity contribution in [2.75, 3.05) is 6.54 Å². The Morgan fingerprint density at radius 1 is 1.00 bits per heavy atom. The summed E-state index contributed by atoms with van der Waals surface area (Å²) in [5.74, 6) is 1.30. The van der Waals surface area contributed by atoms with E-state index in [1.807, 2.05) is 0 Å². The molecular weight excluding hydrogens is 407 g/mol. The molecule has 6 rings (SSSR count). The van der Waals surface area contributed by atoms with Gasteiger partial charge in [0, 0.05) is 12.0 Å². The lowest BCUT2D eigenvalue weighted by Crippen LogP contribution is -2.55. The van der Waals surface area contributed by atoms with E-state index in [1.165, 1.54) is 19.3 Å². The molecule has 2 heterocycles. The van der Waals surface area contributed by atoms with Gasteiger partial charge in [0.2, 0.25) is 0 Å². The number of alkyl halides is 3. The first kappa shape index (κ1) is 21.4. The van der Waals surface area contributed by atoms with Crippen LogP contribution in [0.25, 0.3) is 0 Å². The number of hydrazone groups is 1. The molecule has 2 unspecified atom stereocenters. The number of carbonyl (C=O) groups excluding carboxylic acids is 1. The lowest BCUT2D eigenvalue weighted by molar-refractivity contribution is -0.250. The highest BCUT2D eigenvalue weighted by Gasteiger charge is 2.58. The zero-order valence-electron chi connectivity index (χ0n) is 18.7. The van der Waals surface area contributed by atoms with Crippen molar-refractivity contribution in [3.8, 4) is 0 Å². The summed E-state index contributed by atoms with van der Waals surface area (Å²) >= 11 is 0. The Bertz CT molecular complexity index is 738. The van der Waals surface area contributed by atoms with Gasteiger partial charge in [0.05, 0.1) is 0 Å². The number of hydroxylamine groups is 1. The van der Waals surface area contributed by atoms with Gasteiger partial charge in [-0.05, 0) is 86.9 Å². The van der Waals surface area contributed by atoms with Crippen molar-refractivity contribution in [3.05, 3.63) is 0 Å². The van der Waals surface area contributed by atoms with Gasteiger partial charge in [0.15, 0.2) is 6.17 Å². The van der Waals surface area contributed by atoms with Crippen molar-refractivity contribution >= 4 is 11.8 Å². The van der Waals surface area contributed by atoms with Gasteiger partial charge in [-0.3, -0.25) is 0 Å². The average molecular weight is 442 g/mol. The monoisotopic (exact) mass is 441 g/mol. The van der Waals surface area contributed by atoms with Gasteiger partial charge in [-0.2, -0.15) is 13.2 Å². The number of hydrogen-bond donors (Lipinski definition) is 0. The third kappa shape index (κ3) is 3.71. The van der Waals surface area contributed by atoms with Crippen LogP contribution in [0.1, 0.15) is 78.6 Å². The van der Waals surface area contributed by atoms with Gasteiger partial charge in [-0.15, -0.1) is 5.10 Å². The standard InChI is InChI=1S/C23H34F3N3O2/c1-21(2,3)17-4-5-18-28(7-6-17)19(27-29(18)31-20(30)23(24,25)26)22-11-14-8-15(12-22)10-16(9-14)13-22/h14-18H,4-13H2,1-3H3. The van der Waals surface area contributed by atoms with E-state index < -0.39 is 18.3 Å². The van der Waals surface area contributed by atoms with E-state index in [9.17, 15) is 18.0 Å². The first-order valence-electron chi connectivity index (χ1n) is 11.9. The molecule has 4 bridgehead atoms. The zero-order chi connectivity index (χ0) is 22.2. The molecule has 0 aromatic rings. The van der Waals surface area contributed by atoms with Crippen LogP contribution in [-0.2, 0) is 9.63 Å². The molecule has 1 saturated heterocycles. The van der Waals surface area contributed by atoms with E-state index in [0.29, 0.717) is 30.1 Å². The number of nitrogens with zero attached hydrogens (tertiary/aromatic N) is 3. The number of fused-ring (bicyclic) bond motifs is 1. The summed E-state index contributed by atoms with van der Waals surface area (Å²) in [6.45, 7) is 7.43. The third-order valence-electron chi connectivity index (χ3n) is 8.72. The van der Waals surface area contributed by atoms with Crippen LogP contribution in [0.2, 0.25) is 0 Å². The summed E-state index contributed by atoms with van der Waals surface area (Å²) in [4.78, 5) is 18.7. The van der Waals surface area contributed by atoms with Gasteiger partial charge < -0.3 is 9.74 Å².